The van der Waals surface area contributed by atoms with E-state index in [1.807, 2.05) is 27.9 Å². The summed E-state index contributed by atoms with van der Waals surface area (Å²) in [5, 5.41) is 0. The Hall–Kier alpha value is -0.160. The Morgan fingerprint density at radius 1 is 1.22 bits per heavy atom. The molecule has 1 heterocycles. The third-order valence-corrected chi connectivity index (χ3v) is 2.66. The summed E-state index contributed by atoms with van der Waals surface area (Å²) in [6, 6.07) is 0. The van der Waals surface area contributed by atoms with Crippen LogP contribution in [0.3, 0.4) is 0 Å². The number of piperidine rings is 1. The molecule has 1 atom stereocenters. The van der Waals surface area contributed by atoms with Crippen molar-refractivity contribution in [2.45, 2.75) is 32.8 Å². The van der Waals surface area contributed by atoms with Gasteiger partial charge >= 0.3 is 0 Å². The van der Waals surface area contributed by atoms with Crippen LogP contribution in [0.5, 0.6) is 0 Å². The SMILES string of the molecule is CC.COC1CCCN(C)C1.COCCN(C)C. The summed E-state index contributed by atoms with van der Waals surface area (Å²) in [6.45, 7) is 8.18. The van der Waals surface area contributed by atoms with Crippen LogP contribution in [0.1, 0.15) is 26.7 Å². The van der Waals surface area contributed by atoms with E-state index in [9.17, 15) is 0 Å². The summed E-state index contributed by atoms with van der Waals surface area (Å²) in [5.74, 6) is 0. The number of hydrogen-bond acceptors (Lipinski definition) is 4. The minimum absolute atomic E-state index is 0.490. The van der Waals surface area contributed by atoms with Crippen LogP contribution in [0.2, 0.25) is 0 Å². The Balaban J connectivity index is 0. The summed E-state index contributed by atoms with van der Waals surface area (Å²) < 4.78 is 10.0. The van der Waals surface area contributed by atoms with Crippen molar-refractivity contribution in [2.24, 2.45) is 0 Å². The Bertz CT molecular complexity index is 155. The maximum Gasteiger partial charge on any atom is 0.0698 e. The molecule has 4 nitrogen and oxygen atoms in total. The van der Waals surface area contributed by atoms with Gasteiger partial charge in [0.1, 0.15) is 0 Å². The molecule has 0 radical (unpaired) electrons. The topological polar surface area (TPSA) is 24.9 Å². The number of methoxy groups -OCH3 is 2. The maximum absolute atomic E-state index is 5.22. The van der Waals surface area contributed by atoms with Crippen molar-refractivity contribution in [1.82, 2.24) is 9.80 Å². The Labute approximate surface area is 114 Å². The van der Waals surface area contributed by atoms with Crippen LogP contribution in [-0.2, 0) is 9.47 Å². The first-order valence-electron chi connectivity index (χ1n) is 6.95. The normalized spacial score (nSPS) is 19.7. The van der Waals surface area contributed by atoms with Gasteiger partial charge in [0.25, 0.3) is 0 Å². The highest BCUT2D eigenvalue weighted by atomic mass is 16.5. The average molecular weight is 262 g/mol. The van der Waals surface area contributed by atoms with Gasteiger partial charge in [-0.05, 0) is 40.5 Å². The van der Waals surface area contributed by atoms with Crippen molar-refractivity contribution < 1.29 is 9.47 Å². The van der Waals surface area contributed by atoms with Gasteiger partial charge in [-0.1, -0.05) is 13.8 Å². The predicted molar refractivity (Wildman–Crippen MR) is 79.3 cm³/mol. The highest BCUT2D eigenvalue weighted by molar-refractivity contribution is 4.69. The molecule has 1 saturated heterocycles. The van der Waals surface area contributed by atoms with Crippen LogP contribution in [0, 0.1) is 0 Å². The number of ether oxygens (including phenoxy) is 2. The molecule has 4 heteroatoms. The molecule has 18 heavy (non-hydrogen) atoms. The van der Waals surface area contributed by atoms with Gasteiger partial charge in [0.05, 0.1) is 12.7 Å². The summed E-state index contributed by atoms with van der Waals surface area (Å²) in [7, 11) is 9.70. The Morgan fingerprint density at radius 3 is 2.11 bits per heavy atom. The molecular formula is C14H34N2O2. The van der Waals surface area contributed by atoms with E-state index in [-0.39, 0.29) is 0 Å². The van der Waals surface area contributed by atoms with E-state index in [4.69, 9.17) is 9.47 Å². The van der Waals surface area contributed by atoms with Gasteiger partial charge in [0, 0.05) is 27.3 Å². The second kappa shape index (κ2) is 14.9. The Morgan fingerprint density at radius 2 is 1.83 bits per heavy atom. The van der Waals surface area contributed by atoms with Crippen molar-refractivity contribution in [1.29, 1.82) is 0 Å². The Kier molecular flexibility index (Phi) is 16.7. The van der Waals surface area contributed by atoms with Gasteiger partial charge in [0.15, 0.2) is 0 Å². The zero-order valence-corrected chi connectivity index (χ0v) is 13.5. The molecule has 1 aliphatic rings. The van der Waals surface area contributed by atoms with Crippen LogP contribution < -0.4 is 0 Å². The van der Waals surface area contributed by atoms with E-state index in [2.05, 4.69) is 16.8 Å². The summed E-state index contributed by atoms with van der Waals surface area (Å²) in [5.41, 5.74) is 0. The molecule has 1 unspecified atom stereocenters. The number of rotatable bonds is 4. The molecule has 1 rings (SSSR count). The van der Waals surface area contributed by atoms with E-state index in [1.165, 1.54) is 19.4 Å². The van der Waals surface area contributed by atoms with E-state index < -0.39 is 0 Å². The first-order valence-corrected chi connectivity index (χ1v) is 6.95. The van der Waals surface area contributed by atoms with Gasteiger partial charge in [-0.2, -0.15) is 0 Å². The standard InChI is InChI=1S/C7H15NO.C5H13NO.C2H6/c1-8-5-3-4-7(6-8)9-2;1-6(2)4-5-7-3;1-2/h7H,3-6H2,1-2H3;4-5H2,1-3H3;1-2H3. The number of nitrogens with zero attached hydrogens (tertiary/aromatic N) is 2. The molecule has 0 aromatic rings. The fraction of sp³-hybridized carbons (Fsp3) is 1.00. The first-order chi connectivity index (χ1) is 8.60. The van der Waals surface area contributed by atoms with Crippen molar-refractivity contribution in [3.8, 4) is 0 Å². The van der Waals surface area contributed by atoms with Crippen LogP contribution >= 0.6 is 0 Å². The first kappa shape index (κ1) is 20.2. The monoisotopic (exact) mass is 262 g/mol. The largest absolute Gasteiger partial charge is 0.383 e. The summed E-state index contributed by atoms with van der Waals surface area (Å²) in [6.07, 6.45) is 3.01. The lowest BCUT2D eigenvalue weighted by Gasteiger charge is -2.28. The molecule has 0 amide bonds. The van der Waals surface area contributed by atoms with Gasteiger partial charge in [-0.25, -0.2) is 0 Å². The average Bonchev–Trinajstić information content (AvgIpc) is 2.39. The van der Waals surface area contributed by atoms with Crippen molar-refractivity contribution >= 4 is 0 Å². The van der Waals surface area contributed by atoms with E-state index in [1.54, 1.807) is 14.2 Å². The van der Waals surface area contributed by atoms with Gasteiger partial charge in [-0.3, -0.25) is 0 Å². The third kappa shape index (κ3) is 13.9. The van der Waals surface area contributed by atoms with E-state index in [0.29, 0.717) is 6.10 Å². The van der Waals surface area contributed by atoms with Crippen LogP contribution in [0.25, 0.3) is 0 Å². The van der Waals surface area contributed by atoms with Gasteiger partial charge < -0.3 is 19.3 Å². The molecule has 0 spiro atoms. The van der Waals surface area contributed by atoms with Crippen LogP contribution in [0.4, 0.5) is 0 Å². The van der Waals surface area contributed by atoms with Crippen molar-refractivity contribution in [3.63, 3.8) is 0 Å². The summed E-state index contributed by atoms with van der Waals surface area (Å²) >= 11 is 0. The lowest BCUT2D eigenvalue weighted by molar-refractivity contribution is 0.0408. The molecule has 0 saturated carbocycles. The molecule has 0 aromatic heterocycles. The molecular weight excluding hydrogens is 228 g/mol. The lowest BCUT2D eigenvalue weighted by Crippen LogP contribution is -2.36. The van der Waals surface area contributed by atoms with E-state index in [0.717, 1.165) is 19.7 Å². The fourth-order valence-electron chi connectivity index (χ4n) is 1.59. The van der Waals surface area contributed by atoms with Crippen molar-refractivity contribution in [3.05, 3.63) is 0 Å². The summed E-state index contributed by atoms with van der Waals surface area (Å²) in [4.78, 5) is 4.40. The molecule has 0 bridgehead atoms. The molecule has 112 valence electrons. The zero-order valence-electron chi connectivity index (χ0n) is 13.5. The number of likely N-dealkylation sites (tertiary alicyclic amines) is 1. The van der Waals surface area contributed by atoms with Crippen molar-refractivity contribution in [2.75, 3.05) is 61.6 Å². The second-order valence-electron chi connectivity index (χ2n) is 4.56. The number of likely N-dealkylation sites (N-methyl/N-ethyl adjacent to an activating group) is 2. The van der Waals surface area contributed by atoms with Gasteiger partial charge in [-0.15, -0.1) is 0 Å². The second-order valence-corrected chi connectivity index (χ2v) is 4.56. The minimum Gasteiger partial charge on any atom is -0.383 e. The number of hydrogen-bond donors (Lipinski definition) is 0. The predicted octanol–water partition coefficient (Wildman–Crippen LogP) is 1.95. The van der Waals surface area contributed by atoms with E-state index >= 15 is 0 Å². The zero-order chi connectivity index (χ0) is 14.4. The quantitative estimate of drug-likeness (QED) is 0.773. The molecule has 0 N–H and O–H groups in total. The van der Waals surface area contributed by atoms with Crippen LogP contribution in [-0.4, -0.2) is 77.5 Å². The molecule has 0 aliphatic carbocycles. The highest BCUT2D eigenvalue weighted by Gasteiger charge is 2.15. The molecule has 1 fully saturated rings. The lowest BCUT2D eigenvalue weighted by atomic mass is 10.1. The maximum atomic E-state index is 5.22. The molecule has 1 aliphatic heterocycles. The minimum atomic E-state index is 0.490. The highest BCUT2D eigenvalue weighted by Crippen LogP contribution is 2.09. The smallest absolute Gasteiger partial charge is 0.0698 e. The van der Waals surface area contributed by atoms with Crippen LogP contribution in [0.15, 0.2) is 0 Å². The van der Waals surface area contributed by atoms with Gasteiger partial charge in [0.2, 0.25) is 0 Å². The fourth-order valence-corrected chi connectivity index (χ4v) is 1.59. The molecule has 0 aromatic carbocycles. The third-order valence-electron chi connectivity index (χ3n) is 2.66.